The van der Waals surface area contributed by atoms with E-state index in [2.05, 4.69) is 74.7 Å². The maximum atomic E-state index is 3.58. The minimum absolute atomic E-state index is 0.865. The molecule has 0 atom stereocenters. The fourth-order valence-corrected chi connectivity index (χ4v) is 3.08. The zero-order valence-corrected chi connectivity index (χ0v) is 13.8. The lowest BCUT2D eigenvalue weighted by molar-refractivity contribution is 0.332. The summed E-state index contributed by atoms with van der Waals surface area (Å²) in [6.45, 7) is 4.40. The number of rotatable bonds is 5. The first kappa shape index (κ1) is 14.6. The van der Waals surface area contributed by atoms with Crippen molar-refractivity contribution in [1.29, 1.82) is 0 Å². The molecule has 0 spiro atoms. The van der Waals surface area contributed by atoms with Gasteiger partial charge in [-0.1, -0.05) is 46.3 Å². The predicted octanol–water partition coefficient (Wildman–Crippen LogP) is 4.66. The van der Waals surface area contributed by atoms with E-state index in [9.17, 15) is 0 Å². The predicted molar refractivity (Wildman–Crippen MR) is 92.4 cm³/mol. The van der Waals surface area contributed by atoms with Crippen LogP contribution in [0.4, 0.5) is 5.69 Å². The lowest BCUT2D eigenvalue weighted by Gasteiger charge is -2.18. The zero-order valence-electron chi connectivity index (χ0n) is 12.2. The van der Waals surface area contributed by atoms with Crippen molar-refractivity contribution in [3.05, 3.63) is 64.1 Å². The van der Waals surface area contributed by atoms with E-state index in [1.807, 2.05) is 0 Å². The van der Waals surface area contributed by atoms with Gasteiger partial charge < -0.3 is 5.32 Å². The molecule has 0 aliphatic carbocycles. The minimum atomic E-state index is 0.865. The Morgan fingerprint density at radius 3 is 2.43 bits per heavy atom. The fraction of sp³-hybridized carbons (Fsp3) is 0.333. The summed E-state index contributed by atoms with van der Waals surface area (Å²) in [5.41, 5.74) is 3.96. The molecule has 0 aromatic heterocycles. The number of hydrogen-bond donors (Lipinski definition) is 1. The number of nitrogens with one attached hydrogen (secondary N) is 1. The molecule has 2 aromatic rings. The average molecular weight is 345 g/mol. The molecule has 1 aliphatic rings. The second kappa shape index (κ2) is 7.10. The van der Waals surface area contributed by atoms with Gasteiger partial charge in [-0.2, -0.15) is 0 Å². The Bertz CT molecular complexity index is 574. The average Bonchev–Trinajstić information content (AvgIpc) is 3.01. The molecule has 0 radical (unpaired) electrons. The van der Waals surface area contributed by atoms with Crippen LogP contribution in [0.1, 0.15) is 24.0 Å². The summed E-state index contributed by atoms with van der Waals surface area (Å²) in [7, 11) is 0. The summed E-state index contributed by atoms with van der Waals surface area (Å²) in [5, 5.41) is 3.58. The van der Waals surface area contributed by atoms with E-state index >= 15 is 0 Å². The molecule has 3 heteroatoms. The van der Waals surface area contributed by atoms with E-state index < -0.39 is 0 Å². The molecular formula is C18H21BrN2. The molecule has 1 heterocycles. The third-order valence-electron chi connectivity index (χ3n) is 4.01. The molecule has 1 N–H and O–H groups in total. The topological polar surface area (TPSA) is 15.3 Å². The summed E-state index contributed by atoms with van der Waals surface area (Å²) in [5.74, 6) is 0. The molecule has 110 valence electrons. The van der Waals surface area contributed by atoms with E-state index in [0.717, 1.165) is 17.6 Å². The van der Waals surface area contributed by atoms with Crippen molar-refractivity contribution in [1.82, 2.24) is 4.90 Å². The number of anilines is 1. The molecule has 1 aliphatic heterocycles. The number of benzene rings is 2. The van der Waals surface area contributed by atoms with Crippen LogP contribution >= 0.6 is 15.9 Å². The highest BCUT2D eigenvalue weighted by molar-refractivity contribution is 9.10. The Morgan fingerprint density at radius 1 is 0.952 bits per heavy atom. The van der Waals surface area contributed by atoms with E-state index in [1.54, 1.807) is 0 Å². The van der Waals surface area contributed by atoms with Crippen molar-refractivity contribution < 1.29 is 0 Å². The van der Waals surface area contributed by atoms with Gasteiger partial charge in [0.05, 0.1) is 0 Å². The van der Waals surface area contributed by atoms with Gasteiger partial charge in [-0.15, -0.1) is 0 Å². The first-order chi connectivity index (χ1) is 10.3. The Morgan fingerprint density at radius 2 is 1.67 bits per heavy atom. The molecular weight excluding hydrogens is 324 g/mol. The van der Waals surface area contributed by atoms with E-state index in [0.29, 0.717) is 0 Å². The quantitative estimate of drug-likeness (QED) is 0.848. The maximum absolute atomic E-state index is 3.58. The van der Waals surface area contributed by atoms with Gasteiger partial charge in [0.2, 0.25) is 0 Å². The van der Waals surface area contributed by atoms with Crippen molar-refractivity contribution in [2.45, 2.75) is 25.9 Å². The maximum Gasteiger partial charge on any atom is 0.0400 e. The SMILES string of the molecule is Brc1ccc(CNc2ccccc2CN2CCCC2)cc1. The molecule has 21 heavy (non-hydrogen) atoms. The van der Waals surface area contributed by atoms with Crippen molar-refractivity contribution in [2.24, 2.45) is 0 Å². The van der Waals surface area contributed by atoms with Crippen LogP contribution in [0, 0.1) is 0 Å². The number of hydrogen-bond acceptors (Lipinski definition) is 2. The Labute approximate surface area is 135 Å². The molecule has 0 amide bonds. The molecule has 1 fully saturated rings. The first-order valence-corrected chi connectivity index (χ1v) is 8.39. The van der Waals surface area contributed by atoms with Crippen LogP contribution in [-0.4, -0.2) is 18.0 Å². The molecule has 0 bridgehead atoms. The molecule has 3 rings (SSSR count). The number of nitrogens with zero attached hydrogens (tertiary/aromatic N) is 1. The van der Waals surface area contributed by atoms with Crippen molar-refractivity contribution >= 4 is 21.6 Å². The summed E-state index contributed by atoms with van der Waals surface area (Å²) in [4.78, 5) is 2.54. The lowest BCUT2D eigenvalue weighted by atomic mass is 10.1. The van der Waals surface area contributed by atoms with Gasteiger partial charge >= 0.3 is 0 Å². The molecule has 2 aromatic carbocycles. The highest BCUT2D eigenvalue weighted by Gasteiger charge is 2.13. The molecule has 0 saturated carbocycles. The zero-order chi connectivity index (χ0) is 14.5. The van der Waals surface area contributed by atoms with Crippen LogP contribution in [0.2, 0.25) is 0 Å². The van der Waals surface area contributed by atoms with Gasteiger partial charge in [0, 0.05) is 23.2 Å². The summed E-state index contributed by atoms with van der Waals surface area (Å²) in [6, 6.07) is 17.2. The Kier molecular flexibility index (Phi) is 4.94. The minimum Gasteiger partial charge on any atom is -0.381 e. The standard InChI is InChI=1S/C18H21BrN2/c19-17-9-7-15(8-10-17)13-20-18-6-2-1-5-16(18)14-21-11-3-4-12-21/h1-2,5-10,20H,3-4,11-14H2. The number of para-hydroxylation sites is 1. The van der Waals surface area contributed by atoms with Crippen molar-refractivity contribution in [3.63, 3.8) is 0 Å². The number of likely N-dealkylation sites (tertiary alicyclic amines) is 1. The van der Waals surface area contributed by atoms with Gasteiger partial charge in [0.1, 0.15) is 0 Å². The van der Waals surface area contributed by atoms with Crippen LogP contribution in [0.5, 0.6) is 0 Å². The van der Waals surface area contributed by atoms with Crippen LogP contribution in [0.15, 0.2) is 53.0 Å². The third-order valence-corrected chi connectivity index (χ3v) is 4.53. The Balaban J connectivity index is 1.65. The highest BCUT2D eigenvalue weighted by Crippen LogP contribution is 2.21. The normalized spacial score (nSPS) is 15.3. The molecule has 2 nitrogen and oxygen atoms in total. The van der Waals surface area contributed by atoms with Gasteiger partial charge in [-0.25, -0.2) is 0 Å². The largest absolute Gasteiger partial charge is 0.381 e. The van der Waals surface area contributed by atoms with Crippen molar-refractivity contribution in [2.75, 3.05) is 18.4 Å². The smallest absolute Gasteiger partial charge is 0.0400 e. The number of halogens is 1. The van der Waals surface area contributed by atoms with Crippen LogP contribution in [-0.2, 0) is 13.1 Å². The lowest BCUT2D eigenvalue weighted by Crippen LogP contribution is -2.19. The van der Waals surface area contributed by atoms with Gasteiger partial charge in [0.15, 0.2) is 0 Å². The Hall–Kier alpha value is -1.32. The third kappa shape index (κ3) is 4.08. The summed E-state index contributed by atoms with van der Waals surface area (Å²) < 4.78 is 1.13. The van der Waals surface area contributed by atoms with Gasteiger partial charge in [-0.05, 0) is 55.3 Å². The second-order valence-corrected chi connectivity index (χ2v) is 6.54. The van der Waals surface area contributed by atoms with Crippen LogP contribution in [0.3, 0.4) is 0 Å². The van der Waals surface area contributed by atoms with E-state index in [1.165, 1.54) is 42.7 Å². The first-order valence-electron chi connectivity index (χ1n) is 7.60. The van der Waals surface area contributed by atoms with E-state index in [4.69, 9.17) is 0 Å². The van der Waals surface area contributed by atoms with Crippen LogP contribution in [0.25, 0.3) is 0 Å². The van der Waals surface area contributed by atoms with Crippen LogP contribution < -0.4 is 5.32 Å². The summed E-state index contributed by atoms with van der Waals surface area (Å²) in [6.07, 6.45) is 2.68. The van der Waals surface area contributed by atoms with Gasteiger partial charge in [0.25, 0.3) is 0 Å². The van der Waals surface area contributed by atoms with E-state index in [-0.39, 0.29) is 0 Å². The van der Waals surface area contributed by atoms with Gasteiger partial charge in [-0.3, -0.25) is 4.90 Å². The second-order valence-electron chi connectivity index (χ2n) is 5.62. The molecule has 1 saturated heterocycles. The van der Waals surface area contributed by atoms with Crippen molar-refractivity contribution in [3.8, 4) is 0 Å². The summed E-state index contributed by atoms with van der Waals surface area (Å²) >= 11 is 3.48. The fourth-order valence-electron chi connectivity index (χ4n) is 2.81. The monoisotopic (exact) mass is 344 g/mol. The highest BCUT2D eigenvalue weighted by atomic mass is 79.9. The molecule has 0 unspecified atom stereocenters.